The molecule has 1 fully saturated rings. The number of halogens is 6. The molecule has 5 nitrogen and oxygen atoms in total. The molecule has 0 radical (unpaired) electrons. The number of amides is 2. The van der Waals surface area contributed by atoms with E-state index in [9.17, 15) is 31.1 Å². The van der Waals surface area contributed by atoms with E-state index in [0.717, 1.165) is 0 Å². The number of aromatic nitrogens is 1. The number of nitrogens with zero attached hydrogens (tertiary/aromatic N) is 3. The van der Waals surface area contributed by atoms with Crippen LogP contribution in [0.1, 0.15) is 37.1 Å². The van der Waals surface area contributed by atoms with Crippen LogP contribution >= 0.6 is 0 Å². The van der Waals surface area contributed by atoms with Crippen LogP contribution in [0.2, 0.25) is 0 Å². The van der Waals surface area contributed by atoms with Crippen LogP contribution in [0.3, 0.4) is 0 Å². The zero-order valence-electron chi connectivity index (χ0n) is 15.7. The smallest absolute Gasteiger partial charge is 0.371 e. The van der Waals surface area contributed by atoms with Crippen LogP contribution in [0, 0.1) is 0 Å². The van der Waals surface area contributed by atoms with Gasteiger partial charge in [0.05, 0.1) is 0 Å². The van der Waals surface area contributed by atoms with Crippen molar-refractivity contribution < 1.29 is 31.1 Å². The van der Waals surface area contributed by atoms with Crippen LogP contribution in [0.4, 0.5) is 36.8 Å². The molecule has 1 aliphatic carbocycles. The van der Waals surface area contributed by atoms with Gasteiger partial charge >= 0.3 is 18.4 Å². The summed E-state index contributed by atoms with van der Waals surface area (Å²) in [5, 5.41) is 2.84. The lowest BCUT2D eigenvalue weighted by molar-refractivity contribution is -0.150. The van der Waals surface area contributed by atoms with E-state index in [1.807, 2.05) is 0 Å². The van der Waals surface area contributed by atoms with Gasteiger partial charge in [0.15, 0.2) is 0 Å². The van der Waals surface area contributed by atoms with Gasteiger partial charge in [-0.25, -0.2) is 9.78 Å². The molecule has 1 aromatic rings. The van der Waals surface area contributed by atoms with Gasteiger partial charge in [-0.1, -0.05) is 0 Å². The fraction of sp³-hybridized carbons (Fsp3) is 0.647. The van der Waals surface area contributed by atoms with Gasteiger partial charge < -0.3 is 15.1 Å². The van der Waals surface area contributed by atoms with Gasteiger partial charge in [-0.15, -0.1) is 0 Å². The van der Waals surface area contributed by atoms with Crippen molar-refractivity contribution in [3.05, 3.63) is 23.5 Å². The van der Waals surface area contributed by atoms with Crippen molar-refractivity contribution in [1.82, 2.24) is 15.2 Å². The summed E-state index contributed by atoms with van der Waals surface area (Å²) in [5.74, 6) is 0. The summed E-state index contributed by atoms with van der Waals surface area (Å²) in [6, 6.07) is 0.714. The molecule has 0 saturated heterocycles. The van der Waals surface area contributed by atoms with Crippen molar-refractivity contribution in [3.8, 4) is 0 Å². The number of pyridine rings is 1. The third-order valence-corrected chi connectivity index (χ3v) is 4.78. The highest BCUT2D eigenvalue weighted by atomic mass is 19.4. The Labute approximate surface area is 158 Å². The number of hydrogen-bond acceptors (Lipinski definition) is 3. The van der Waals surface area contributed by atoms with E-state index in [1.54, 1.807) is 14.1 Å². The minimum Gasteiger partial charge on any atom is -0.371 e. The largest absolute Gasteiger partial charge is 0.433 e. The molecule has 1 heterocycles. The maximum Gasteiger partial charge on any atom is 0.433 e. The summed E-state index contributed by atoms with van der Waals surface area (Å²) in [6.45, 7) is 0. The quantitative estimate of drug-likeness (QED) is 0.760. The second-order valence-electron chi connectivity index (χ2n) is 7.05. The Morgan fingerprint density at radius 1 is 0.964 bits per heavy atom. The van der Waals surface area contributed by atoms with E-state index in [0.29, 0.717) is 37.8 Å². The monoisotopic (exact) mass is 412 g/mol. The fourth-order valence-electron chi connectivity index (χ4n) is 3.13. The van der Waals surface area contributed by atoms with Gasteiger partial charge in [0.25, 0.3) is 0 Å². The predicted molar refractivity (Wildman–Crippen MR) is 90.9 cm³/mol. The fourth-order valence-corrected chi connectivity index (χ4v) is 3.13. The maximum atomic E-state index is 13.0. The molecule has 1 N–H and O–H groups in total. The van der Waals surface area contributed by atoms with Gasteiger partial charge in [-0.3, -0.25) is 0 Å². The molecule has 0 aromatic carbocycles. The van der Waals surface area contributed by atoms with Crippen LogP contribution in [-0.2, 0) is 12.4 Å². The SMILES string of the molecule is CN(C)C(=O)NC1CCC(N(C)c2cc(C(F)(F)F)nc(C(F)(F)F)c2)CC1. The summed E-state index contributed by atoms with van der Waals surface area (Å²) < 4.78 is 77.9. The lowest BCUT2D eigenvalue weighted by Crippen LogP contribution is -2.46. The number of alkyl halides is 6. The molecule has 158 valence electrons. The zero-order chi connectivity index (χ0) is 21.3. The summed E-state index contributed by atoms with van der Waals surface area (Å²) >= 11 is 0. The Hall–Kier alpha value is -2.20. The molecule has 0 aliphatic heterocycles. The number of hydrogen-bond donors (Lipinski definition) is 1. The molecule has 0 bridgehead atoms. The minimum atomic E-state index is -4.98. The average molecular weight is 412 g/mol. The van der Waals surface area contributed by atoms with Gasteiger partial charge in [-0.2, -0.15) is 26.3 Å². The zero-order valence-corrected chi connectivity index (χ0v) is 15.7. The molecule has 1 aliphatic rings. The number of rotatable bonds is 3. The lowest BCUT2D eigenvalue weighted by atomic mass is 9.90. The summed E-state index contributed by atoms with van der Waals surface area (Å²) in [6.07, 6.45) is -7.74. The second kappa shape index (κ2) is 8.04. The van der Waals surface area contributed by atoms with Crippen molar-refractivity contribution in [2.24, 2.45) is 0 Å². The van der Waals surface area contributed by atoms with E-state index in [-0.39, 0.29) is 23.8 Å². The molecule has 28 heavy (non-hydrogen) atoms. The highest BCUT2D eigenvalue weighted by molar-refractivity contribution is 5.73. The van der Waals surface area contributed by atoms with Crippen molar-refractivity contribution in [2.75, 3.05) is 26.0 Å². The van der Waals surface area contributed by atoms with Crippen molar-refractivity contribution in [1.29, 1.82) is 0 Å². The van der Waals surface area contributed by atoms with Crippen LogP contribution < -0.4 is 10.2 Å². The van der Waals surface area contributed by atoms with E-state index in [1.165, 1.54) is 16.8 Å². The van der Waals surface area contributed by atoms with E-state index >= 15 is 0 Å². The minimum absolute atomic E-state index is 0.0755. The lowest BCUT2D eigenvalue weighted by Gasteiger charge is -2.36. The first-order valence-electron chi connectivity index (χ1n) is 8.66. The highest BCUT2D eigenvalue weighted by Crippen LogP contribution is 2.37. The third-order valence-electron chi connectivity index (χ3n) is 4.78. The molecular formula is C17H22F6N4O. The van der Waals surface area contributed by atoms with Gasteiger partial charge in [0.1, 0.15) is 11.4 Å². The number of carbonyl (C=O) groups is 1. The second-order valence-corrected chi connectivity index (χ2v) is 7.05. The third kappa shape index (κ3) is 5.41. The Balaban J connectivity index is 2.16. The standard InChI is InChI=1S/C17H22F6N4O/c1-26(2)15(28)24-10-4-6-11(7-5-10)27(3)12-8-13(16(18,19)20)25-14(9-12)17(21,22)23/h8-11H,4-7H2,1-3H3,(H,24,28). The Kier molecular flexibility index (Phi) is 6.34. The van der Waals surface area contributed by atoms with Gasteiger partial charge in [0.2, 0.25) is 0 Å². The first-order valence-corrected chi connectivity index (χ1v) is 8.66. The molecule has 0 atom stereocenters. The molecule has 2 amide bonds. The normalized spacial score (nSPS) is 20.6. The average Bonchev–Trinajstić information content (AvgIpc) is 2.59. The van der Waals surface area contributed by atoms with Gasteiger partial charge in [0, 0.05) is 38.9 Å². The molecule has 0 spiro atoms. The van der Waals surface area contributed by atoms with Crippen LogP contribution in [0.25, 0.3) is 0 Å². The van der Waals surface area contributed by atoms with Crippen LogP contribution in [-0.4, -0.2) is 49.1 Å². The van der Waals surface area contributed by atoms with E-state index in [2.05, 4.69) is 10.3 Å². The Morgan fingerprint density at radius 2 is 1.43 bits per heavy atom. The van der Waals surface area contributed by atoms with Crippen LogP contribution in [0.5, 0.6) is 0 Å². The predicted octanol–water partition coefficient (Wildman–Crippen LogP) is 4.14. The summed E-state index contributed by atoms with van der Waals surface area (Å²) in [7, 11) is 4.68. The molecular weight excluding hydrogens is 390 g/mol. The molecule has 2 rings (SSSR count). The molecule has 1 aromatic heterocycles. The van der Waals surface area contributed by atoms with E-state index in [4.69, 9.17) is 0 Å². The van der Waals surface area contributed by atoms with Crippen LogP contribution in [0.15, 0.2) is 12.1 Å². The van der Waals surface area contributed by atoms with Gasteiger partial charge in [-0.05, 0) is 37.8 Å². The molecule has 11 heteroatoms. The Bertz CT molecular complexity index is 664. The van der Waals surface area contributed by atoms with E-state index < -0.39 is 23.7 Å². The number of carbonyl (C=O) groups excluding carboxylic acids is 1. The summed E-state index contributed by atoms with van der Waals surface area (Å²) in [4.78, 5) is 17.3. The molecule has 0 unspecified atom stereocenters. The number of urea groups is 1. The topological polar surface area (TPSA) is 48.5 Å². The maximum absolute atomic E-state index is 13.0. The van der Waals surface area contributed by atoms with Crippen molar-refractivity contribution >= 4 is 11.7 Å². The Morgan fingerprint density at radius 3 is 1.82 bits per heavy atom. The summed E-state index contributed by atoms with van der Waals surface area (Å²) in [5.41, 5.74) is -3.33. The van der Waals surface area contributed by atoms with Crippen molar-refractivity contribution in [3.63, 3.8) is 0 Å². The number of anilines is 1. The number of nitrogens with one attached hydrogen (secondary N) is 1. The molecule has 1 saturated carbocycles. The first kappa shape index (κ1) is 22.1. The van der Waals surface area contributed by atoms with Crippen molar-refractivity contribution in [2.45, 2.75) is 50.1 Å². The highest BCUT2D eigenvalue weighted by Gasteiger charge is 2.39. The first-order chi connectivity index (χ1) is 12.8.